The molecule has 0 aromatic heterocycles. The Morgan fingerprint density at radius 3 is 2.67 bits per heavy atom. The highest BCUT2D eigenvalue weighted by Crippen LogP contribution is 2.39. The molecule has 0 aromatic carbocycles. The van der Waals surface area contributed by atoms with Crippen LogP contribution in [0.5, 0.6) is 0 Å². The lowest BCUT2D eigenvalue weighted by Crippen LogP contribution is -2.45. The van der Waals surface area contributed by atoms with E-state index in [0.717, 1.165) is 39.0 Å². The van der Waals surface area contributed by atoms with Gasteiger partial charge >= 0.3 is 0 Å². The number of nitrogens with zero attached hydrogens (tertiary/aromatic N) is 1. The second kappa shape index (κ2) is 6.88. The third-order valence-corrected chi connectivity index (χ3v) is 4.38. The third kappa shape index (κ3) is 4.52. The van der Waals surface area contributed by atoms with Crippen LogP contribution in [-0.4, -0.2) is 49.0 Å². The van der Waals surface area contributed by atoms with Crippen molar-refractivity contribution in [1.82, 2.24) is 4.90 Å². The molecule has 0 bridgehead atoms. The molecule has 1 saturated carbocycles. The van der Waals surface area contributed by atoms with Gasteiger partial charge < -0.3 is 9.84 Å². The molecule has 1 rings (SSSR count). The maximum absolute atomic E-state index is 10.2. The van der Waals surface area contributed by atoms with Crippen LogP contribution in [0.3, 0.4) is 0 Å². The van der Waals surface area contributed by atoms with Crippen LogP contribution in [0, 0.1) is 11.3 Å². The van der Waals surface area contributed by atoms with E-state index in [1.54, 1.807) is 7.11 Å². The number of hydrogen-bond donors (Lipinski definition) is 1. The van der Waals surface area contributed by atoms with E-state index in [2.05, 4.69) is 32.6 Å². The molecule has 0 aromatic rings. The molecule has 1 N–H and O–H groups in total. The minimum Gasteiger partial charge on any atom is -0.393 e. The Labute approximate surface area is 113 Å². The van der Waals surface area contributed by atoms with Gasteiger partial charge in [-0.2, -0.15) is 0 Å². The molecule has 3 nitrogen and oxygen atoms in total. The Balaban J connectivity index is 2.56. The van der Waals surface area contributed by atoms with Gasteiger partial charge in [0.05, 0.1) is 12.7 Å². The molecule has 0 heterocycles. The summed E-state index contributed by atoms with van der Waals surface area (Å²) in [6, 6.07) is 0.428. The standard InChI is InChI=1S/C15H31NO2/c1-6-16(12(2)11-18-5)10-13-9-15(3,4)8-7-14(13)17/h12-14,17H,6-11H2,1-5H3. The first-order chi connectivity index (χ1) is 8.39. The van der Waals surface area contributed by atoms with Crippen LogP contribution in [0.4, 0.5) is 0 Å². The summed E-state index contributed by atoms with van der Waals surface area (Å²) in [5.41, 5.74) is 0.383. The first-order valence-electron chi connectivity index (χ1n) is 7.30. The second-order valence-corrected chi connectivity index (χ2v) is 6.63. The van der Waals surface area contributed by atoms with Crippen LogP contribution < -0.4 is 0 Å². The number of aliphatic hydroxyl groups is 1. The van der Waals surface area contributed by atoms with Crippen LogP contribution in [0.25, 0.3) is 0 Å². The van der Waals surface area contributed by atoms with E-state index in [1.165, 1.54) is 0 Å². The SMILES string of the molecule is CCN(CC1CC(C)(C)CCC1O)C(C)COC. The van der Waals surface area contributed by atoms with E-state index in [-0.39, 0.29) is 6.10 Å². The predicted molar refractivity (Wildman–Crippen MR) is 75.7 cm³/mol. The molecule has 1 fully saturated rings. The average molecular weight is 257 g/mol. The second-order valence-electron chi connectivity index (χ2n) is 6.63. The Morgan fingerprint density at radius 1 is 1.44 bits per heavy atom. The lowest BCUT2D eigenvalue weighted by Gasteiger charge is -2.41. The Hall–Kier alpha value is -0.120. The smallest absolute Gasteiger partial charge is 0.0615 e. The summed E-state index contributed by atoms with van der Waals surface area (Å²) >= 11 is 0. The van der Waals surface area contributed by atoms with Gasteiger partial charge in [0, 0.05) is 19.7 Å². The summed E-state index contributed by atoms with van der Waals surface area (Å²) in [6.07, 6.45) is 3.10. The normalized spacial score (nSPS) is 29.5. The van der Waals surface area contributed by atoms with Crippen molar-refractivity contribution < 1.29 is 9.84 Å². The number of methoxy groups -OCH3 is 1. The largest absolute Gasteiger partial charge is 0.393 e. The Morgan fingerprint density at radius 2 is 2.11 bits per heavy atom. The molecule has 1 aliphatic rings. The molecule has 0 radical (unpaired) electrons. The zero-order valence-electron chi connectivity index (χ0n) is 12.8. The Kier molecular flexibility index (Phi) is 6.09. The number of ether oxygens (including phenoxy) is 1. The van der Waals surface area contributed by atoms with Crippen LogP contribution in [-0.2, 0) is 4.74 Å². The van der Waals surface area contributed by atoms with Gasteiger partial charge in [-0.1, -0.05) is 20.8 Å². The van der Waals surface area contributed by atoms with Crippen LogP contribution in [0.2, 0.25) is 0 Å². The molecular weight excluding hydrogens is 226 g/mol. The lowest BCUT2D eigenvalue weighted by molar-refractivity contribution is -0.00715. The number of aliphatic hydroxyl groups excluding tert-OH is 1. The number of hydrogen-bond acceptors (Lipinski definition) is 3. The van der Waals surface area contributed by atoms with Gasteiger partial charge in [0.25, 0.3) is 0 Å². The molecule has 0 amide bonds. The van der Waals surface area contributed by atoms with Gasteiger partial charge in [-0.15, -0.1) is 0 Å². The van der Waals surface area contributed by atoms with Gasteiger partial charge in [-0.3, -0.25) is 4.90 Å². The topological polar surface area (TPSA) is 32.7 Å². The van der Waals surface area contributed by atoms with Crippen molar-refractivity contribution >= 4 is 0 Å². The highest BCUT2D eigenvalue weighted by Gasteiger charge is 2.35. The third-order valence-electron chi connectivity index (χ3n) is 4.38. The molecule has 18 heavy (non-hydrogen) atoms. The van der Waals surface area contributed by atoms with Crippen molar-refractivity contribution in [3.63, 3.8) is 0 Å². The van der Waals surface area contributed by atoms with E-state index in [0.29, 0.717) is 17.4 Å². The predicted octanol–water partition coefficient (Wildman–Crippen LogP) is 2.53. The van der Waals surface area contributed by atoms with Crippen molar-refractivity contribution in [3.8, 4) is 0 Å². The molecule has 0 spiro atoms. The van der Waals surface area contributed by atoms with E-state index in [1.807, 2.05) is 0 Å². The van der Waals surface area contributed by atoms with E-state index < -0.39 is 0 Å². The van der Waals surface area contributed by atoms with E-state index >= 15 is 0 Å². The van der Waals surface area contributed by atoms with Crippen LogP contribution in [0.15, 0.2) is 0 Å². The van der Waals surface area contributed by atoms with Crippen molar-refractivity contribution in [2.45, 2.75) is 59.1 Å². The van der Waals surface area contributed by atoms with E-state index in [9.17, 15) is 5.11 Å². The monoisotopic (exact) mass is 257 g/mol. The summed E-state index contributed by atoms with van der Waals surface area (Å²) in [7, 11) is 1.75. The zero-order valence-corrected chi connectivity index (χ0v) is 12.8. The highest BCUT2D eigenvalue weighted by molar-refractivity contribution is 4.87. The Bertz CT molecular complexity index is 243. The highest BCUT2D eigenvalue weighted by atomic mass is 16.5. The number of rotatable bonds is 6. The van der Waals surface area contributed by atoms with Gasteiger partial charge in [0.15, 0.2) is 0 Å². The van der Waals surface area contributed by atoms with Crippen LogP contribution in [0.1, 0.15) is 47.0 Å². The molecule has 3 atom stereocenters. The molecular formula is C15H31NO2. The maximum Gasteiger partial charge on any atom is 0.0615 e. The summed E-state index contributed by atoms with van der Waals surface area (Å²) in [5, 5.41) is 10.2. The molecule has 1 aliphatic carbocycles. The van der Waals surface area contributed by atoms with E-state index in [4.69, 9.17) is 4.74 Å². The van der Waals surface area contributed by atoms with Crippen molar-refractivity contribution in [1.29, 1.82) is 0 Å². The first kappa shape index (κ1) is 15.9. The zero-order chi connectivity index (χ0) is 13.8. The molecule has 0 saturated heterocycles. The average Bonchev–Trinajstić information content (AvgIpc) is 2.30. The fourth-order valence-electron chi connectivity index (χ4n) is 3.18. The summed E-state index contributed by atoms with van der Waals surface area (Å²) < 4.78 is 5.24. The number of likely N-dealkylation sites (N-methyl/N-ethyl adjacent to an activating group) is 1. The van der Waals surface area contributed by atoms with Crippen molar-refractivity contribution in [2.75, 3.05) is 26.8 Å². The fourth-order valence-corrected chi connectivity index (χ4v) is 3.18. The molecule has 108 valence electrons. The summed E-state index contributed by atoms with van der Waals surface area (Å²) in [5.74, 6) is 0.410. The van der Waals surface area contributed by atoms with Crippen molar-refractivity contribution in [3.05, 3.63) is 0 Å². The molecule has 3 heteroatoms. The summed E-state index contributed by atoms with van der Waals surface area (Å²) in [6.45, 7) is 11.8. The minimum absolute atomic E-state index is 0.123. The van der Waals surface area contributed by atoms with Crippen molar-refractivity contribution in [2.24, 2.45) is 11.3 Å². The van der Waals surface area contributed by atoms with Crippen LogP contribution >= 0.6 is 0 Å². The fraction of sp³-hybridized carbons (Fsp3) is 1.00. The van der Waals surface area contributed by atoms with Gasteiger partial charge in [0.1, 0.15) is 0 Å². The van der Waals surface area contributed by atoms with Gasteiger partial charge in [0.2, 0.25) is 0 Å². The minimum atomic E-state index is -0.123. The molecule has 3 unspecified atom stereocenters. The summed E-state index contributed by atoms with van der Waals surface area (Å²) in [4.78, 5) is 2.43. The lowest BCUT2D eigenvalue weighted by atomic mass is 9.70. The van der Waals surface area contributed by atoms with Gasteiger partial charge in [-0.05, 0) is 44.1 Å². The maximum atomic E-state index is 10.2. The van der Waals surface area contributed by atoms with Gasteiger partial charge in [-0.25, -0.2) is 0 Å². The quantitative estimate of drug-likeness (QED) is 0.793. The molecule has 0 aliphatic heterocycles. The first-order valence-corrected chi connectivity index (χ1v) is 7.30.